The van der Waals surface area contributed by atoms with Gasteiger partial charge >= 0.3 is 12.0 Å². The van der Waals surface area contributed by atoms with Crippen LogP contribution in [0.4, 0.5) is 4.79 Å². The molecular formula is C13H19N3O3S. The number of amides is 2. The molecule has 1 rings (SSSR count). The van der Waals surface area contributed by atoms with Crippen LogP contribution >= 0.6 is 11.3 Å². The summed E-state index contributed by atoms with van der Waals surface area (Å²) in [7, 11) is 2.91. The van der Waals surface area contributed by atoms with Gasteiger partial charge in [0.25, 0.3) is 0 Å². The first kappa shape index (κ1) is 16.2. The smallest absolute Gasteiger partial charge is 0.332 e. The first-order valence-electron chi connectivity index (χ1n) is 6.01. The van der Waals surface area contributed by atoms with Gasteiger partial charge in [0.1, 0.15) is 6.04 Å². The third-order valence-corrected chi connectivity index (χ3v) is 3.43. The second-order valence-electron chi connectivity index (χ2n) is 4.47. The Morgan fingerprint density at radius 1 is 1.60 bits per heavy atom. The molecule has 0 aliphatic carbocycles. The fourth-order valence-electron chi connectivity index (χ4n) is 1.53. The molecule has 1 heterocycles. The van der Waals surface area contributed by atoms with Gasteiger partial charge in [0, 0.05) is 12.4 Å². The predicted octanol–water partition coefficient (Wildman–Crippen LogP) is 1.71. The molecule has 2 amide bonds. The number of ether oxygens (including phenoxy) is 1. The van der Waals surface area contributed by atoms with Gasteiger partial charge in [0.2, 0.25) is 0 Å². The molecule has 0 saturated carbocycles. The van der Waals surface area contributed by atoms with E-state index in [1.807, 2.05) is 12.3 Å². The predicted molar refractivity (Wildman–Crippen MR) is 77.5 cm³/mol. The Morgan fingerprint density at radius 2 is 2.25 bits per heavy atom. The Morgan fingerprint density at radius 3 is 2.70 bits per heavy atom. The first-order chi connectivity index (χ1) is 9.35. The maximum absolute atomic E-state index is 12.0. The van der Waals surface area contributed by atoms with Gasteiger partial charge in [-0.05, 0) is 19.4 Å². The van der Waals surface area contributed by atoms with E-state index in [0.29, 0.717) is 12.1 Å². The van der Waals surface area contributed by atoms with Crippen molar-refractivity contribution in [2.75, 3.05) is 14.2 Å². The van der Waals surface area contributed by atoms with Crippen molar-refractivity contribution < 1.29 is 14.3 Å². The number of urea groups is 1. The van der Waals surface area contributed by atoms with Crippen molar-refractivity contribution in [3.8, 4) is 0 Å². The van der Waals surface area contributed by atoms with Crippen LogP contribution in [0.15, 0.2) is 17.5 Å². The average Bonchev–Trinajstić information content (AvgIpc) is 2.79. The largest absolute Gasteiger partial charge is 0.467 e. The summed E-state index contributed by atoms with van der Waals surface area (Å²) in [5, 5.41) is 5.43. The van der Waals surface area contributed by atoms with Crippen LogP contribution in [0.3, 0.4) is 0 Å². The van der Waals surface area contributed by atoms with Crippen molar-refractivity contribution in [2.45, 2.75) is 26.4 Å². The second-order valence-corrected chi connectivity index (χ2v) is 5.53. The lowest BCUT2D eigenvalue weighted by molar-refractivity contribution is -0.141. The number of methoxy groups -OCH3 is 1. The van der Waals surface area contributed by atoms with Gasteiger partial charge in [0.15, 0.2) is 0 Å². The minimum absolute atomic E-state index is 0.375. The fraction of sp³-hybridized carbons (Fsp3) is 0.462. The maximum Gasteiger partial charge on any atom is 0.332 e. The zero-order valence-electron chi connectivity index (χ0n) is 12.1. The number of hydrogen-bond acceptors (Lipinski definition) is 5. The number of carbonyl (C=O) groups excluding carboxylic acids is 2. The van der Waals surface area contributed by atoms with Crippen LogP contribution in [0.1, 0.15) is 17.6 Å². The molecule has 0 saturated heterocycles. The molecule has 1 aromatic heterocycles. The molecule has 0 fully saturated rings. The minimum atomic E-state index is -0.841. The molecule has 6 nitrogen and oxygen atoms in total. The Bertz CT molecular complexity index is 513. The third kappa shape index (κ3) is 4.34. The zero-order chi connectivity index (χ0) is 15.3. The molecule has 7 heteroatoms. The summed E-state index contributed by atoms with van der Waals surface area (Å²) in [6.07, 6.45) is 0. The molecular weight excluding hydrogens is 278 g/mol. The van der Waals surface area contributed by atoms with E-state index in [4.69, 9.17) is 0 Å². The van der Waals surface area contributed by atoms with Crippen LogP contribution in [-0.4, -0.2) is 42.1 Å². The number of nitrogens with one attached hydrogen (secondary N) is 1. The Hall–Kier alpha value is -1.89. The Kier molecular flexibility index (Phi) is 5.69. The van der Waals surface area contributed by atoms with Crippen molar-refractivity contribution in [1.29, 1.82) is 0 Å². The van der Waals surface area contributed by atoms with Gasteiger partial charge in [0.05, 0.1) is 24.4 Å². The summed E-state index contributed by atoms with van der Waals surface area (Å²) < 4.78 is 4.63. The number of aryl methyl sites for hydroxylation is 1. The number of nitrogens with zero attached hydrogens (tertiary/aromatic N) is 2. The number of esters is 1. The van der Waals surface area contributed by atoms with Gasteiger partial charge in [-0.3, -0.25) is 0 Å². The number of rotatable bonds is 5. The first-order valence-corrected chi connectivity index (χ1v) is 6.89. The van der Waals surface area contributed by atoms with Crippen molar-refractivity contribution in [1.82, 2.24) is 15.2 Å². The monoisotopic (exact) mass is 297 g/mol. The fourth-order valence-corrected chi connectivity index (χ4v) is 2.13. The van der Waals surface area contributed by atoms with Gasteiger partial charge in [-0.25, -0.2) is 14.6 Å². The minimum Gasteiger partial charge on any atom is -0.467 e. The molecule has 0 unspecified atom stereocenters. The van der Waals surface area contributed by atoms with Crippen LogP contribution in [0.5, 0.6) is 0 Å². The topological polar surface area (TPSA) is 71.5 Å². The van der Waals surface area contributed by atoms with Gasteiger partial charge < -0.3 is 15.0 Å². The van der Waals surface area contributed by atoms with Gasteiger partial charge in [-0.1, -0.05) is 6.58 Å². The van der Waals surface area contributed by atoms with Gasteiger partial charge in [-0.2, -0.15) is 0 Å². The summed E-state index contributed by atoms with van der Waals surface area (Å²) in [6, 6.07) is -1.22. The molecule has 0 aliphatic heterocycles. The lowest BCUT2D eigenvalue weighted by Gasteiger charge is -2.21. The Balaban J connectivity index is 2.64. The molecule has 20 heavy (non-hydrogen) atoms. The standard InChI is InChI=1S/C13H19N3O3S/c1-8(2)11(12(17)19-5)15-13(18)16(4)6-10-7-20-9(3)14-10/h7,11H,1,6H2,2-5H3,(H,15,18)/t11-/m0/s1. The molecule has 0 aliphatic rings. The molecule has 110 valence electrons. The van der Waals surface area contributed by atoms with E-state index in [1.165, 1.54) is 23.3 Å². The highest BCUT2D eigenvalue weighted by molar-refractivity contribution is 7.09. The van der Waals surface area contributed by atoms with E-state index in [9.17, 15) is 9.59 Å². The van der Waals surface area contributed by atoms with Crippen LogP contribution in [0, 0.1) is 6.92 Å². The quantitative estimate of drug-likeness (QED) is 0.663. The average molecular weight is 297 g/mol. The van der Waals surface area contributed by atoms with Crippen molar-refractivity contribution >= 4 is 23.3 Å². The summed E-state index contributed by atoms with van der Waals surface area (Å²) >= 11 is 1.53. The molecule has 0 aromatic carbocycles. The number of hydrogen-bond donors (Lipinski definition) is 1. The SMILES string of the molecule is C=C(C)[C@H](NC(=O)N(C)Cc1csc(C)n1)C(=O)OC. The molecule has 1 atom stereocenters. The second kappa shape index (κ2) is 7.04. The highest BCUT2D eigenvalue weighted by Crippen LogP contribution is 2.10. The van der Waals surface area contributed by atoms with E-state index < -0.39 is 12.0 Å². The molecule has 0 radical (unpaired) electrons. The lowest BCUT2D eigenvalue weighted by atomic mass is 10.1. The van der Waals surface area contributed by atoms with E-state index in [-0.39, 0.29) is 6.03 Å². The van der Waals surface area contributed by atoms with Gasteiger partial charge in [-0.15, -0.1) is 11.3 Å². The van der Waals surface area contributed by atoms with E-state index in [2.05, 4.69) is 21.6 Å². The highest BCUT2D eigenvalue weighted by atomic mass is 32.1. The van der Waals surface area contributed by atoms with Crippen molar-refractivity contribution in [2.24, 2.45) is 0 Å². The number of carbonyl (C=O) groups is 2. The normalized spacial score (nSPS) is 11.6. The molecule has 0 bridgehead atoms. The van der Waals surface area contributed by atoms with Crippen LogP contribution in [0.25, 0.3) is 0 Å². The summed E-state index contributed by atoms with van der Waals surface area (Å²) in [6.45, 7) is 7.62. The van der Waals surface area contributed by atoms with Crippen LogP contribution < -0.4 is 5.32 Å². The van der Waals surface area contributed by atoms with E-state index in [0.717, 1.165) is 10.7 Å². The van der Waals surface area contributed by atoms with E-state index >= 15 is 0 Å². The summed E-state index contributed by atoms with van der Waals surface area (Å²) in [5.74, 6) is -0.538. The third-order valence-electron chi connectivity index (χ3n) is 2.61. The number of aromatic nitrogens is 1. The highest BCUT2D eigenvalue weighted by Gasteiger charge is 2.23. The summed E-state index contributed by atoms with van der Waals surface area (Å²) in [5.41, 5.74) is 1.33. The van der Waals surface area contributed by atoms with Crippen LogP contribution in [-0.2, 0) is 16.1 Å². The van der Waals surface area contributed by atoms with Crippen molar-refractivity contribution in [3.63, 3.8) is 0 Å². The van der Waals surface area contributed by atoms with E-state index in [1.54, 1.807) is 14.0 Å². The molecule has 1 N–H and O–H groups in total. The summed E-state index contributed by atoms with van der Waals surface area (Å²) in [4.78, 5) is 29.3. The maximum atomic E-state index is 12.0. The lowest BCUT2D eigenvalue weighted by Crippen LogP contribution is -2.47. The van der Waals surface area contributed by atoms with Crippen molar-refractivity contribution in [3.05, 3.63) is 28.2 Å². The zero-order valence-corrected chi connectivity index (χ0v) is 12.9. The van der Waals surface area contributed by atoms with Crippen LogP contribution in [0.2, 0.25) is 0 Å². The Labute approximate surface area is 122 Å². The molecule has 0 spiro atoms. The number of thiazole rings is 1. The molecule has 1 aromatic rings.